The number of hydrogen-bond acceptors (Lipinski definition) is 3. The lowest BCUT2D eigenvalue weighted by molar-refractivity contribution is 0.620. The largest absolute Gasteiger partial charge is 0.367 e. The van der Waals surface area contributed by atoms with Crippen LogP contribution in [-0.2, 0) is 13.0 Å². The number of thiophene rings is 1. The van der Waals surface area contributed by atoms with Crippen molar-refractivity contribution in [1.29, 1.82) is 0 Å². The highest BCUT2D eigenvalue weighted by Crippen LogP contribution is 2.31. The molecule has 20 heavy (non-hydrogen) atoms. The van der Waals surface area contributed by atoms with E-state index < -0.39 is 0 Å². The van der Waals surface area contributed by atoms with Crippen molar-refractivity contribution in [3.05, 3.63) is 51.2 Å². The summed E-state index contributed by atoms with van der Waals surface area (Å²) in [5.41, 5.74) is 2.88. The van der Waals surface area contributed by atoms with E-state index in [1.807, 2.05) is 6.07 Å². The van der Waals surface area contributed by atoms with Crippen molar-refractivity contribution in [2.24, 2.45) is 0 Å². The van der Waals surface area contributed by atoms with Gasteiger partial charge in [0.1, 0.15) is 0 Å². The predicted octanol–water partition coefficient (Wildman–Crippen LogP) is 3.94. The Bertz CT molecular complexity index is 581. The zero-order valence-electron chi connectivity index (χ0n) is 11.6. The molecular weight excluding hydrogens is 288 g/mol. The summed E-state index contributed by atoms with van der Waals surface area (Å²) in [6.45, 7) is 5.26. The fraction of sp³-hybridized carbons (Fsp3) is 0.375. The maximum Gasteiger partial charge on any atom is 0.0931 e. The van der Waals surface area contributed by atoms with Gasteiger partial charge < -0.3 is 10.2 Å². The Labute approximate surface area is 129 Å². The van der Waals surface area contributed by atoms with Gasteiger partial charge >= 0.3 is 0 Å². The van der Waals surface area contributed by atoms with Crippen LogP contribution >= 0.6 is 22.9 Å². The predicted molar refractivity (Wildman–Crippen MR) is 88.0 cm³/mol. The molecule has 3 rings (SSSR count). The van der Waals surface area contributed by atoms with Crippen molar-refractivity contribution in [3.63, 3.8) is 0 Å². The van der Waals surface area contributed by atoms with Crippen LogP contribution in [-0.4, -0.2) is 19.1 Å². The molecule has 0 saturated carbocycles. The first-order valence-electron chi connectivity index (χ1n) is 7.03. The maximum atomic E-state index is 5.93. The minimum Gasteiger partial charge on any atom is -0.367 e. The molecule has 2 heterocycles. The van der Waals surface area contributed by atoms with Crippen molar-refractivity contribution in [2.45, 2.75) is 25.9 Å². The summed E-state index contributed by atoms with van der Waals surface area (Å²) >= 11 is 7.58. The molecule has 2 aromatic rings. The summed E-state index contributed by atoms with van der Waals surface area (Å²) < 4.78 is 0.865. The van der Waals surface area contributed by atoms with E-state index in [0.717, 1.165) is 30.4 Å². The van der Waals surface area contributed by atoms with E-state index in [4.69, 9.17) is 11.6 Å². The van der Waals surface area contributed by atoms with Crippen LogP contribution in [0.2, 0.25) is 4.34 Å². The number of para-hydroxylation sites is 1. The Balaban J connectivity index is 1.51. The van der Waals surface area contributed by atoms with Crippen molar-refractivity contribution in [1.82, 2.24) is 5.32 Å². The van der Waals surface area contributed by atoms with Gasteiger partial charge in [0.05, 0.1) is 4.34 Å². The first-order valence-corrected chi connectivity index (χ1v) is 8.23. The van der Waals surface area contributed by atoms with Crippen LogP contribution < -0.4 is 10.2 Å². The molecule has 0 radical (unpaired) electrons. The molecule has 1 aromatic carbocycles. The minimum atomic E-state index is 0.602. The van der Waals surface area contributed by atoms with Crippen molar-refractivity contribution < 1.29 is 0 Å². The molecule has 2 nitrogen and oxygen atoms in total. The van der Waals surface area contributed by atoms with Crippen molar-refractivity contribution in [2.75, 3.05) is 18.0 Å². The standard InChI is InChI=1S/C16H19ClN2S/c1-12-10-13-4-2-3-5-15(13)19(12)9-8-18-11-14-6-7-16(17)20-14/h2-7,12,18H,8-11H2,1H3. The molecule has 0 aliphatic carbocycles. The maximum absolute atomic E-state index is 5.93. The topological polar surface area (TPSA) is 15.3 Å². The lowest BCUT2D eigenvalue weighted by Gasteiger charge is -2.25. The SMILES string of the molecule is CC1Cc2ccccc2N1CCNCc1ccc(Cl)s1. The van der Waals surface area contributed by atoms with Crippen LogP contribution in [0.1, 0.15) is 17.4 Å². The lowest BCUT2D eigenvalue weighted by Crippen LogP contribution is -2.35. The van der Waals surface area contributed by atoms with E-state index in [1.54, 1.807) is 11.3 Å². The molecule has 0 saturated heterocycles. The van der Waals surface area contributed by atoms with Gasteiger partial charge in [0, 0.05) is 36.2 Å². The van der Waals surface area contributed by atoms with E-state index in [1.165, 1.54) is 16.1 Å². The number of nitrogens with zero attached hydrogens (tertiary/aromatic N) is 1. The highest BCUT2D eigenvalue weighted by Gasteiger charge is 2.24. The minimum absolute atomic E-state index is 0.602. The van der Waals surface area contributed by atoms with E-state index in [-0.39, 0.29) is 0 Å². The average Bonchev–Trinajstić information content (AvgIpc) is 2.98. The zero-order valence-corrected chi connectivity index (χ0v) is 13.2. The number of rotatable bonds is 5. The molecule has 0 spiro atoms. The Hall–Kier alpha value is -1.03. The molecular formula is C16H19ClN2S. The van der Waals surface area contributed by atoms with E-state index >= 15 is 0 Å². The number of nitrogens with one attached hydrogen (secondary N) is 1. The quantitative estimate of drug-likeness (QED) is 0.842. The van der Waals surface area contributed by atoms with Gasteiger partial charge in [-0.1, -0.05) is 29.8 Å². The fourth-order valence-electron chi connectivity index (χ4n) is 2.83. The lowest BCUT2D eigenvalue weighted by atomic mass is 10.1. The van der Waals surface area contributed by atoms with Crippen molar-refractivity contribution >= 4 is 28.6 Å². The first-order chi connectivity index (χ1) is 9.74. The molecule has 1 atom stereocenters. The summed E-state index contributed by atoms with van der Waals surface area (Å²) in [5, 5.41) is 3.50. The third-order valence-electron chi connectivity index (χ3n) is 3.81. The summed E-state index contributed by atoms with van der Waals surface area (Å²) in [5.74, 6) is 0. The summed E-state index contributed by atoms with van der Waals surface area (Å²) in [4.78, 5) is 3.80. The van der Waals surface area contributed by atoms with Crippen LogP contribution in [0, 0.1) is 0 Å². The van der Waals surface area contributed by atoms with Gasteiger partial charge in [0.15, 0.2) is 0 Å². The zero-order chi connectivity index (χ0) is 13.9. The van der Waals surface area contributed by atoms with Crippen LogP contribution in [0.4, 0.5) is 5.69 Å². The number of fused-ring (bicyclic) bond motifs is 1. The molecule has 4 heteroatoms. The van der Waals surface area contributed by atoms with E-state index in [2.05, 4.69) is 47.5 Å². The number of anilines is 1. The Morgan fingerprint density at radius 3 is 2.95 bits per heavy atom. The highest BCUT2D eigenvalue weighted by atomic mass is 35.5. The molecule has 0 bridgehead atoms. The molecule has 1 aliphatic heterocycles. The van der Waals surface area contributed by atoms with Crippen LogP contribution in [0.15, 0.2) is 36.4 Å². The van der Waals surface area contributed by atoms with E-state index in [9.17, 15) is 0 Å². The Morgan fingerprint density at radius 2 is 2.15 bits per heavy atom. The molecule has 1 unspecified atom stereocenters. The van der Waals surface area contributed by atoms with Crippen LogP contribution in [0.3, 0.4) is 0 Å². The first kappa shape index (κ1) is 13.9. The Morgan fingerprint density at radius 1 is 1.30 bits per heavy atom. The molecule has 1 N–H and O–H groups in total. The highest BCUT2D eigenvalue weighted by molar-refractivity contribution is 7.16. The smallest absolute Gasteiger partial charge is 0.0931 e. The number of halogens is 1. The normalized spacial score (nSPS) is 17.5. The molecule has 106 valence electrons. The molecule has 1 aromatic heterocycles. The number of benzene rings is 1. The van der Waals surface area contributed by atoms with Gasteiger partial charge in [0.2, 0.25) is 0 Å². The third kappa shape index (κ3) is 3.00. The van der Waals surface area contributed by atoms with Gasteiger partial charge in [-0.15, -0.1) is 11.3 Å². The molecule has 1 aliphatic rings. The summed E-state index contributed by atoms with van der Waals surface area (Å²) in [6, 6.07) is 13.4. The molecule has 0 amide bonds. The Kier molecular flexibility index (Phi) is 4.29. The monoisotopic (exact) mass is 306 g/mol. The third-order valence-corrected chi connectivity index (χ3v) is 5.04. The average molecular weight is 307 g/mol. The van der Waals surface area contributed by atoms with Crippen LogP contribution in [0.25, 0.3) is 0 Å². The number of hydrogen-bond donors (Lipinski definition) is 1. The van der Waals surface area contributed by atoms with Crippen molar-refractivity contribution in [3.8, 4) is 0 Å². The second-order valence-electron chi connectivity index (χ2n) is 5.26. The molecule has 0 fully saturated rings. The van der Waals surface area contributed by atoms with Gasteiger partial charge in [-0.25, -0.2) is 0 Å². The van der Waals surface area contributed by atoms with Gasteiger partial charge in [-0.05, 0) is 37.1 Å². The summed E-state index contributed by atoms with van der Waals surface area (Å²) in [7, 11) is 0. The second kappa shape index (κ2) is 6.17. The van der Waals surface area contributed by atoms with E-state index in [0.29, 0.717) is 6.04 Å². The van der Waals surface area contributed by atoms with Gasteiger partial charge in [-0.3, -0.25) is 0 Å². The second-order valence-corrected chi connectivity index (χ2v) is 7.06. The van der Waals surface area contributed by atoms with Gasteiger partial charge in [0.25, 0.3) is 0 Å². The van der Waals surface area contributed by atoms with Crippen LogP contribution in [0.5, 0.6) is 0 Å². The summed E-state index contributed by atoms with van der Waals surface area (Å²) in [6.07, 6.45) is 1.16. The fourth-order valence-corrected chi connectivity index (χ4v) is 3.89. The van der Waals surface area contributed by atoms with Gasteiger partial charge in [-0.2, -0.15) is 0 Å².